The number of esters is 1. The Hall–Kier alpha value is -3.03. The summed E-state index contributed by atoms with van der Waals surface area (Å²) in [6.45, 7) is -0.0358. The topological polar surface area (TPSA) is 55.8 Å². The van der Waals surface area contributed by atoms with Crippen molar-refractivity contribution >= 4 is 11.9 Å². The number of rotatable bonds is 4. The molecule has 0 saturated carbocycles. The van der Waals surface area contributed by atoms with Gasteiger partial charge in [0.2, 0.25) is 0 Å². The van der Waals surface area contributed by atoms with E-state index in [1.165, 1.54) is 25.3 Å². The largest absolute Gasteiger partial charge is 0.485 e. The lowest BCUT2D eigenvalue weighted by Gasteiger charge is -2.22. The Balaban J connectivity index is 1.83. The van der Waals surface area contributed by atoms with Gasteiger partial charge in [-0.3, -0.25) is 4.79 Å². The normalized spacial score (nSPS) is 19.0. The van der Waals surface area contributed by atoms with Gasteiger partial charge in [-0.25, -0.2) is 18.0 Å². The Kier molecular flexibility index (Phi) is 5.34. The SMILES string of the molecule is COC(=O)C1CC(Oc2ccccc2F)CN1C(=O)c1ccc(F)c(F)c1. The van der Waals surface area contributed by atoms with Crippen molar-refractivity contribution in [1.29, 1.82) is 0 Å². The molecular formula is C19H16F3NO4. The molecule has 1 fully saturated rings. The molecule has 5 nitrogen and oxygen atoms in total. The first-order valence-corrected chi connectivity index (χ1v) is 8.15. The second-order valence-electron chi connectivity index (χ2n) is 6.03. The number of nitrogens with zero attached hydrogens (tertiary/aromatic N) is 1. The van der Waals surface area contributed by atoms with E-state index in [1.807, 2.05) is 0 Å². The third kappa shape index (κ3) is 3.89. The first kappa shape index (κ1) is 18.8. The van der Waals surface area contributed by atoms with Crippen LogP contribution in [0, 0.1) is 17.5 Å². The molecule has 1 amide bonds. The Morgan fingerprint density at radius 1 is 1.04 bits per heavy atom. The molecule has 1 aliphatic rings. The van der Waals surface area contributed by atoms with Crippen molar-refractivity contribution in [1.82, 2.24) is 4.90 Å². The fourth-order valence-corrected chi connectivity index (χ4v) is 2.98. The molecule has 0 bridgehead atoms. The highest BCUT2D eigenvalue weighted by Crippen LogP contribution is 2.27. The summed E-state index contributed by atoms with van der Waals surface area (Å²) in [7, 11) is 1.17. The fraction of sp³-hybridized carbons (Fsp3) is 0.263. The molecule has 142 valence electrons. The van der Waals surface area contributed by atoms with Crippen molar-refractivity contribution in [2.24, 2.45) is 0 Å². The summed E-state index contributed by atoms with van der Waals surface area (Å²) in [5.74, 6) is -4.19. The highest BCUT2D eigenvalue weighted by molar-refractivity contribution is 5.97. The summed E-state index contributed by atoms with van der Waals surface area (Å²) < 4.78 is 50.7. The van der Waals surface area contributed by atoms with E-state index in [2.05, 4.69) is 0 Å². The molecule has 2 atom stereocenters. The molecule has 1 saturated heterocycles. The summed E-state index contributed by atoms with van der Waals surface area (Å²) in [5.41, 5.74) is -0.116. The molecule has 1 aliphatic heterocycles. The van der Waals surface area contributed by atoms with Gasteiger partial charge in [-0.1, -0.05) is 12.1 Å². The summed E-state index contributed by atoms with van der Waals surface area (Å²) >= 11 is 0. The van der Waals surface area contributed by atoms with Crippen LogP contribution >= 0.6 is 0 Å². The number of para-hydroxylation sites is 1. The van der Waals surface area contributed by atoms with Gasteiger partial charge in [-0.2, -0.15) is 0 Å². The number of ether oxygens (including phenoxy) is 2. The highest BCUT2D eigenvalue weighted by Gasteiger charge is 2.42. The van der Waals surface area contributed by atoms with Crippen molar-refractivity contribution in [3.05, 3.63) is 65.5 Å². The number of methoxy groups -OCH3 is 1. The minimum atomic E-state index is -1.17. The summed E-state index contributed by atoms with van der Waals surface area (Å²) in [6, 6.07) is 7.50. The van der Waals surface area contributed by atoms with Gasteiger partial charge in [0.05, 0.1) is 13.7 Å². The number of likely N-dealkylation sites (tertiary alicyclic amines) is 1. The van der Waals surface area contributed by atoms with Gasteiger partial charge in [-0.05, 0) is 30.3 Å². The van der Waals surface area contributed by atoms with Crippen LogP contribution in [0.25, 0.3) is 0 Å². The number of carbonyl (C=O) groups is 2. The lowest BCUT2D eigenvalue weighted by atomic mass is 10.1. The molecule has 0 N–H and O–H groups in total. The van der Waals surface area contributed by atoms with E-state index in [4.69, 9.17) is 9.47 Å². The van der Waals surface area contributed by atoms with Crippen molar-refractivity contribution in [3.63, 3.8) is 0 Å². The number of carbonyl (C=O) groups excluding carboxylic acids is 2. The Bertz CT molecular complexity index is 874. The third-order valence-electron chi connectivity index (χ3n) is 4.29. The first-order chi connectivity index (χ1) is 12.9. The number of hydrogen-bond donors (Lipinski definition) is 0. The maximum absolute atomic E-state index is 13.8. The van der Waals surface area contributed by atoms with E-state index >= 15 is 0 Å². The van der Waals surface area contributed by atoms with Crippen molar-refractivity contribution in [3.8, 4) is 5.75 Å². The Labute approximate surface area is 153 Å². The third-order valence-corrected chi connectivity index (χ3v) is 4.29. The second-order valence-corrected chi connectivity index (χ2v) is 6.03. The van der Waals surface area contributed by atoms with Crippen LogP contribution in [-0.2, 0) is 9.53 Å². The van der Waals surface area contributed by atoms with Gasteiger partial charge in [-0.15, -0.1) is 0 Å². The Morgan fingerprint density at radius 2 is 1.78 bits per heavy atom. The van der Waals surface area contributed by atoms with E-state index in [0.717, 1.165) is 23.1 Å². The van der Waals surface area contributed by atoms with E-state index in [0.29, 0.717) is 0 Å². The summed E-state index contributed by atoms with van der Waals surface area (Å²) in [6.07, 6.45) is -0.587. The predicted molar refractivity (Wildman–Crippen MR) is 88.6 cm³/mol. The average Bonchev–Trinajstić information content (AvgIpc) is 3.08. The monoisotopic (exact) mass is 379 g/mol. The van der Waals surface area contributed by atoms with Crippen LogP contribution in [0.4, 0.5) is 13.2 Å². The molecule has 2 aromatic rings. The molecule has 1 heterocycles. The van der Waals surface area contributed by atoms with Crippen LogP contribution in [0.5, 0.6) is 5.75 Å². The van der Waals surface area contributed by atoms with Crippen LogP contribution < -0.4 is 4.74 Å². The number of hydrogen-bond acceptors (Lipinski definition) is 4. The lowest BCUT2D eigenvalue weighted by Crippen LogP contribution is -2.41. The highest BCUT2D eigenvalue weighted by atomic mass is 19.2. The summed E-state index contributed by atoms with van der Waals surface area (Å²) in [5, 5.41) is 0. The van der Waals surface area contributed by atoms with E-state index in [1.54, 1.807) is 6.07 Å². The zero-order chi connectivity index (χ0) is 19.6. The Morgan fingerprint density at radius 3 is 2.44 bits per heavy atom. The van der Waals surface area contributed by atoms with Gasteiger partial charge in [0.1, 0.15) is 12.1 Å². The van der Waals surface area contributed by atoms with Crippen LogP contribution in [0.2, 0.25) is 0 Å². The van der Waals surface area contributed by atoms with E-state index in [9.17, 15) is 22.8 Å². The standard InChI is InChI=1S/C19H16F3NO4/c1-26-19(25)16-9-12(27-17-5-3-2-4-14(17)21)10-23(16)18(24)11-6-7-13(20)15(22)8-11/h2-8,12,16H,9-10H2,1H3. The van der Waals surface area contributed by atoms with Gasteiger partial charge >= 0.3 is 5.97 Å². The van der Waals surface area contributed by atoms with Crippen LogP contribution in [0.15, 0.2) is 42.5 Å². The molecule has 0 radical (unpaired) electrons. The molecule has 0 aromatic heterocycles. The molecule has 3 rings (SSSR count). The summed E-state index contributed by atoms with van der Waals surface area (Å²) in [4.78, 5) is 25.9. The van der Waals surface area contributed by atoms with Gasteiger partial charge in [0.15, 0.2) is 23.2 Å². The molecule has 2 aromatic carbocycles. The van der Waals surface area contributed by atoms with Crippen molar-refractivity contribution < 1.29 is 32.2 Å². The molecule has 27 heavy (non-hydrogen) atoms. The van der Waals surface area contributed by atoms with Gasteiger partial charge < -0.3 is 14.4 Å². The van der Waals surface area contributed by atoms with Crippen LogP contribution in [0.3, 0.4) is 0 Å². The van der Waals surface area contributed by atoms with E-state index in [-0.39, 0.29) is 24.3 Å². The van der Waals surface area contributed by atoms with Gasteiger partial charge in [0, 0.05) is 12.0 Å². The van der Waals surface area contributed by atoms with Crippen LogP contribution in [-0.4, -0.2) is 42.6 Å². The van der Waals surface area contributed by atoms with E-state index < -0.39 is 41.5 Å². The van der Waals surface area contributed by atoms with Gasteiger partial charge in [0.25, 0.3) is 5.91 Å². The molecule has 8 heteroatoms. The molecule has 2 unspecified atom stereocenters. The zero-order valence-corrected chi connectivity index (χ0v) is 14.3. The molecular weight excluding hydrogens is 363 g/mol. The van der Waals surface area contributed by atoms with Crippen molar-refractivity contribution in [2.45, 2.75) is 18.6 Å². The first-order valence-electron chi connectivity index (χ1n) is 8.15. The number of halogens is 3. The average molecular weight is 379 g/mol. The van der Waals surface area contributed by atoms with Crippen molar-refractivity contribution in [2.75, 3.05) is 13.7 Å². The lowest BCUT2D eigenvalue weighted by molar-refractivity contribution is -0.145. The molecule has 0 aliphatic carbocycles. The quantitative estimate of drug-likeness (QED) is 0.767. The maximum Gasteiger partial charge on any atom is 0.328 e. The fourth-order valence-electron chi connectivity index (χ4n) is 2.98. The minimum Gasteiger partial charge on any atom is -0.485 e. The zero-order valence-electron chi connectivity index (χ0n) is 14.3. The minimum absolute atomic E-state index is 0.00626. The molecule has 0 spiro atoms. The second kappa shape index (κ2) is 7.69. The maximum atomic E-state index is 13.8. The van der Waals surface area contributed by atoms with Crippen LogP contribution in [0.1, 0.15) is 16.8 Å². The number of amides is 1. The smallest absolute Gasteiger partial charge is 0.328 e. The number of benzene rings is 2. The predicted octanol–water partition coefficient (Wildman–Crippen LogP) is 2.94.